The van der Waals surface area contributed by atoms with E-state index in [9.17, 15) is 22.4 Å². The third-order valence-electron chi connectivity index (χ3n) is 2.96. The van der Waals surface area contributed by atoms with Crippen molar-refractivity contribution in [2.45, 2.75) is 33.7 Å². The highest BCUT2D eigenvalue weighted by molar-refractivity contribution is 5.94. The molecule has 10 heteroatoms. The predicted molar refractivity (Wildman–Crippen MR) is 88.9 cm³/mol. The van der Waals surface area contributed by atoms with Gasteiger partial charge in [-0.25, -0.2) is 14.4 Å². The summed E-state index contributed by atoms with van der Waals surface area (Å²) in [6, 6.07) is 2.50. The number of methoxy groups -OCH3 is 1. The van der Waals surface area contributed by atoms with E-state index in [1.165, 1.54) is 13.3 Å². The van der Waals surface area contributed by atoms with Gasteiger partial charge in [-0.05, 0) is 25.1 Å². The summed E-state index contributed by atoms with van der Waals surface area (Å²) >= 11 is 0. The van der Waals surface area contributed by atoms with Crippen LogP contribution in [0, 0.1) is 12.7 Å². The number of aromatic nitrogens is 2. The summed E-state index contributed by atoms with van der Waals surface area (Å²) in [5.41, 5.74) is 0.151. The fraction of sp³-hybridized carbons (Fsp3) is 0.353. The Bertz CT molecular complexity index is 783. The van der Waals surface area contributed by atoms with Gasteiger partial charge in [0.2, 0.25) is 5.88 Å². The normalized spacial score (nSPS) is 10.5. The van der Waals surface area contributed by atoms with Gasteiger partial charge in [0.15, 0.2) is 5.69 Å². The molecule has 2 rings (SSSR count). The average Bonchev–Trinajstić information content (AvgIpc) is 2.62. The molecule has 27 heavy (non-hydrogen) atoms. The molecule has 2 aromatic rings. The summed E-state index contributed by atoms with van der Waals surface area (Å²) in [5.74, 6) is -2.13. The molecule has 0 saturated heterocycles. The molecule has 1 amide bonds. The minimum Gasteiger partial charge on any atom is -0.479 e. The lowest BCUT2D eigenvalue weighted by atomic mass is 10.2. The Balaban J connectivity index is 0.00000176. The molecular weight excluding hydrogens is 370 g/mol. The predicted octanol–water partition coefficient (Wildman–Crippen LogP) is 3.79. The number of carbonyl (C=O) groups is 1. The lowest BCUT2D eigenvalue weighted by Crippen LogP contribution is -2.25. The molecule has 0 unspecified atom stereocenters. The number of rotatable bonds is 5. The second-order valence-corrected chi connectivity index (χ2v) is 4.85. The molecule has 0 aliphatic rings. The van der Waals surface area contributed by atoms with E-state index in [-0.39, 0.29) is 23.7 Å². The van der Waals surface area contributed by atoms with E-state index in [1.54, 1.807) is 6.92 Å². The highest BCUT2D eigenvalue weighted by atomic mass is 19.4. The van der Waals surface area contributed by atoms with Crippen LogP contribution in [-0.4, -0.2) is 29.3 Å². The molecule has 0 spiro atoms. The summed E-state index contributed by atoms with van der Waals surface area (Å²) < 4.78 is 59.0. The first kappa shape index (κ1) is 22.1. The van der Waals surface area contributed by atoms with Crippen LogP contribution in [0.15, 0.2) is 24.4 Å². The van der Waals surface area contributed by atoms with Crippen molar-refractivity contribution in [1.82, 2.24) is 15.3 Å². The summed E-state index contributed by atoms with van der Waals surface area (Å²) in [4.78, 5) is 20.0. The third-order valence-corrected chi connectivity index (χ3v) is 2.96. The van der Waals surface area contributed by atoms with E-state index in [4.69, 9.17) is 4.74 Å². The Morgan fingerprint density at radius 2 is 1.93 bits per heavy atom. The van der Waals surface area contributed by atoms with Crippen molar-refractivity contribution in [2.75, 3.05) is 7.11 Å². The van der Waals surface area contributed by atoms with Gasteiger partial charge in [0.05, 0.1) is 19.0 Å². The number of aryl methyl sites for hydroxylation is 1. The molecule has 0 fully saturated rings. The maximum atomic E-state index is 13.7. The van der Waals surface area contributed by atoms with Gasteiger partial charge in [0.25, 0.3) is 5.91 Å². The van der Waals surface area contributed by atoms with E-state index in [2.05, 4.69) is 20.0 Å². The minimum absolute atomic E-state index is 0.0299. The molecule has 148 valence electrons. The molecule has 1 aromatic heterocycles. The van der Waals surface area contributed by atoms with Gasteiger partial charge in [-0.3, -0.25) is 4.79 Å². The first-order valence-corrected chi connectivity index (χ1v) is 7.89. The number of nitrogens with one attached hydrogen (secondary N) is 1. The van der Waals surface area contributed by atoms with Gasteiger partial charge in [-0.1, -0.05) is 13.8 Å². The maximum Gasteiger partial charge on any atom is 0.573 e. The molecule has 0 aliphatic heterocycles. The van der Waals surface area contributed by atoms with Crippen LogP contribution in [0.1, 0.15) is 35.6 Å². The van der Waals surface area contributed by atoms with E-state index in [1.807, 2.05) is 13.8 Å². The smallest absolute Gasteiger partial charge is 0.479 e. The molecule has 1 aromatic carbocycles. The summed E-state index contributed by atoms with van der Waals surface area (Å²) in [6.07, 6.45) is -3.50. The second kappa shape index (κ2) is 9.70. The van der Waals surface area contributed by atoms with Crippen molar-refractivity contribution in [3.05, 3.63) is 47.2 Å². The largest absolute Gasteiger partial charge is 0.573 e. The number of benzene rings is 1. The Morgan fingerprint density at radius 3 is 2.52 bits per heavy atom. The van der Waals surface area contributed by atoms with Crippen LogP contribution in [-0.2, 0) is 6.54 Å². The van der Waals surface area contributed by atoms with E-state index in [0.29, 0.717) is 5.69 Å². The summed E-state index contributed by atoms with van der Waals surface area (Å²) in [7, 11) is 1.30. The molecule has 0 aliphatic carbocycles. The van der Waals surface area contributed by atoms with Crippen LogP contribution in [0.5, 0.6) is 11.6 Å². The van der Waals surface area contributed by atoms with E-state index >= 15 is 0 Å². The zero-order valence-corrected chi connectivity index (χ0v) is 15.1. The van der Waals surface area contributed by atoms with Crippen molar-refractivity contribution in [2.24, 2.45) is 0 Å². The number of amides is 1. The summed E-state index contributed by atoms with van der Waals surface area (Å²) in [5, 5.41) is 2.35. The highest BCUT2D eigenvalue weighted by Gasteiger charge is 2.31. The van der Waals surface area contributed by atoms with Crippen molar-refractivity contribution >= 4 is 5.91 Å². The Kier molecular flexibility index (Phi) is 7.95. The number of ether oxygens (including phenoxy) is 2. The zero-order valence-electron chi connectivity index (χ0n) is 15.1. The lowest BCUT2D eigenvalue weighted by Gasteiger charge is -2.12. The molecule has 0 bridgehead atoms. The van der Waals surface area contributed by atoms with Crippen molar-refractivity contribution in [3.63, 3.8) is 0 Å². The van der Waals surface area contributed by atoms with Crippen LogP contribution < -0.4 is 14.8 Å². The molecule has 1 heterocycles. The molecule has 0 atom stereocenters. The first-order valence-electron chi connectivity index (χ1n) is 7.89. The SMILES string of the molecule is CC.COc1ncc(C)nc1C(=O)NCc1cc(OC(F)(F)F)ccc1F. The number of alkyl halides is 3. The number of halogens is 4. The van der Waals surface area contributed by atoms with E-state index in [0.717, 1.165) is 18.2 Å². The van der Waals surface area contributed by atoms with Crippen molar-refractivity contribution in [3.8, 4) is 11.6 Å². The van der Waals surface area contributed by atoms with Gasteiger partial charge in [-0.15, -0.1) is 13.2 Å². The molecule has 1 N–H and O–H groups in total. The second-order valence-electron chi connectivity index (χ2n) is 4.85. The van der Waals surface area contributed by atoms with Gasteiger partial charge < -0.3 is 14.8 Å². The van der Waals surface area contributed by atoms with Crippen LogP contribution in [0.25, 0.3) is 0 Å². The van der Waals surface area contributed by atoms with Crippen molar-refractivity contribution in [1.29, 1.82) is 0 Å². The van der Waals surface area contributed by atoms with Gasteiger partial charge in [0.1, 0.15) is 11.6 Å². The summed E-state index contributed by atoms with van der Waals surface area (Å²) in [6.45, 7) is 5.24. The van der Waals surface area contributed by atoms with Crippen LogP contribution >= 0.6 is 0 Å². The Labute approximate surface area is 153 Å². The van der Waals surface area contributed by atoms with Gasteiger partial charge in [-0.2, -0.15) is 0 Å². The fourth-order valence-electron chi connectivity index (χ4n) is 1.91. The Hall–Kier alpha value is -2.91. The molecular formula is C17H19F4N3O3. The van der Waals surface area contributed by atoms with Gasteiger partial charge >= 0.3 is 6.36 Å². The number of hydrogen-bond donors (Lipinski definition) is 1. The molecule has 0 radical (unpaired) electrons. The molecule has 0 saturated carbocycles. The third kappa shape index (κ3) is 6.72. The minimum atomic E-state index is -4.90. The van der Waals surface area contributed by atoms with Crippen LogP contribution in [0.3, 0.4) is 0 Å². The standard InChI is InChI=1S/C15H13F4N3O3.C2H6/c1-8-6-21-14(24-2)12(22-8)13(23)20-7-9-5-10(3-4-11(9)16)25-15(17,18)19;1-2/h3-6H,7H2,1-2H3,(H,20,23);1-2H3. The van der Waals surface area contributed by atoms with E-state index < -0.39 is 23.8 Å². The monoisotopic (exact) mass is 389 g/mol. The first-order chi connectivity index (χ1) is 12.7. The van der Waals surface area contributed by atoms with Gasteiger partial charge in [0, 0.05) is 12.1 Å². The van der Waals surface area contributed by atoms with Crippen LogP contribution in [0.4, 0.5) is 17.6 Å². The topological polar surface area (TPSA) is 73.3 Å². The Morgan fingerprint density at radius 1 is 1.26 bits per heavy atom. The van der Waals surface area contributed by atoms with Crippen molar-refractivity contribution < 1.29 is 31.8 Å². The zero-order chi connectivity index (χ0) is 20.6. The fourth-order valence-corrected chi connectivity index (χ4v) is 1.91. The highest BCUT2D eigenvalue weighted by Crippen LogP contribution is 2.24. The number of hydrogen-bond acceptors (Lipinski definition) is 5. The van der Waals surface area contributed by atoms with Crippen LogP contribution in [0.2, 0.25) is 0 Å². The maximum absolute atomic E-state index is 13.7. The number of nitrogens with zero attached hydrogens (tertiary/aromatic N) is 2. The lowest BCUT2D eigenvalue weighted by molar-refractivity contribution is -0.274. The average molecular weight is 389 g/mol. The quantitative estimate of drug-likeness (QED) is 0.788. The molecule has 6 nitrogen and oxygen atoms in total. The number of carbonyl (C=O) groups excluding carboxylic acids is 1.